The average molecular weight is 490 g/mol. The van der Waals surface area contributed by atoms with Crippen LogP contribution in [0.25, 0.3) is 0 Å². The number of hydrogen-bond acceptors (Lipinski definition) is 5. The smallest absolute Gasteiger partial charge is 0.165 e. The fourth-order valence-corrected chi connectivity index (χ4v) is 8.68. The number of ether oxygens (including phenoxy) is 2. The van der Waals surface area contributed by atoms with Crippen molar-refractivity contribution in [2.75, 3.05) is 26.8 Å². The molecule has 5 nitrogen and oxygen atoms in total. The highest BCUT2D eigenvalue weighted by molar-refractivity contribution is 5.61. The van der Waals surface area contributed by atoms with Crippen LogP contribution in [0.5, 0.6) is 11.5 Å². The predicted molar refractivity (Wildman–Crippen MR) is 139 cm³/mol. The summed E-state index contributed by atoms with van der Waals surface area (Å²) in [5.74, 6) is 2.82. The van der Waals surface area contributed by atoms with Gasteiger partial charge >= 0.3 is 0 Å². The minimum absolute atomic E-state index is 0.0108. The summed E-state index contributed by atoms with van der Waals surface area (Å²) in [4.78, 5) is 2.78. The zero-order valence-electron chi connectivity index (χ0n) is 21.4. The summed E-state index contributed by atoms with van der Waals surface area (Å²) in [5.41, 5.74) is 3.18. The highest BCUT2D eigenvalue weighted by atomic mass is 16.5. The van der Waals surface area contributed by atoms with Crippen molar-refractivity contribution in [2.45, 2.75) is 75.0 Å². The Kier molecular flexibility index (Phi) is 5.43. The molecule has 2 heterocycles. The van der Waals surface area contributed by atoms with Gasteiger partial charge in [0.05, 0.1) is 19.8 Å². The van der Waals surface area contributed by atoms with Gasteiger partial charge in [0.1, 0.15) is 6.10 Å². The number of methoxy groups -OCH3 is 1. The van der Waals surface area contributed by atoms with Gasteiger partial charge in [0.2, 0.25) is 0 Å². The van der Waals surface area contributed by atoms with E-state index in [9.17, 15) is 10.2 Å². The normalized spacial score (nSPS) is 36.6. The first-order valence-corrected chi connectivity index (χ1v) is 14.0. The zero-order valence-corrected chi connectivity index (χ0v) is 21.4. The van der Waals surface area contributed by atoms with E-state index in [2.05, 4.69) is 41.3 Å². The quantitative estimate of drug-likeness (QED) is 0.613. The van der Waals surface area contributed by atoms with Crippen LogP contribution < -0.4 is 9.47 Å². The lowest BCUT2D eigenvalue weighted by Crippen LogP contribution is -2.71. The highest BCUT2D eigenvalue weighted by Crippen LogP contribution is 2.67. The second-order valence-electron chi connectivity index (χ2n) is 12.3. The molecular formula is C31H39NO4. The monoisotopic (exact) mass is 489 g/mol. The lowest BCUT2D eigenvalue weighted by Gasteiger charge is -2.63. The van der Waals surface area contributed by atoms with Crippen molar-refractivity contribution < 1.29 is 19.7 Å². The van der Waals surface area contributed by atoms with E-state index in [0.29, 0.717) is 12.0 Å². The molecule has 0 aromatic heterocycles. The van der Waals surface area contributed by atoms with Crippen molar-refractivity contribution in [3.05, 3.63) is 59.2 Å². The van der Waals surface area contributed by atoms with Crippen molar-refractivity contribution >= 4 is 0 Å². The molecule has 3 fully saturated rings. The van der Waals surface area contributed by atoms with Gasteiger partial charge in [0.15, 0.2) is 11.5 Å². The third kappa shape index (κ3) is 3.12. The van der Waals surface area contributed by atoms with E-state index in [0.717, 1.165) is 56.1 Å². The molecule has 2 saturated carbocycles. The molecule has 2 N–H and O–H groups in total. The van der Waals surface area contributed by atoms with Gasteiger partial charge in [-0.25, -0.2) is 0 Å². The van der Waals surface area contributed by atoms with E-state index in [1.54, 1.807) is 7.11 Å². The van der Waals surface area contributed by atoms with E-state index < -0.39 is 11.5 Å². The Bertz CT molecular complexity index is 1130. The number of rotatable bonds is 7. The highest BCUT2D eigenvalue weighted by Gasteiger charge is 2.70. The number of aryl methyl sites for hydroxylation is 1. The number of nitrogens with zero attached hydrogens (tertiary/aromatic N) is 1. The van der Waals surface area contributed by atoms with Crippen LogP contribution in [0.3, 0.4) is 0 Å². The molecule has 2 bridgehead atoms. The van der Waals surface area contributed by atoms with Gasteiger partial charge in [0, 0.05) is 29.0 Å². The lowest BCUT2D eigenvalue weighted by molar-refractivity contribution is -0.181. The van der Waals surface area contributed by atoms with Crippen molar-refractivity contribution in [1.29, 1.82) is 0 Å². The standard InChI is InChI=1S/C31H39NO4/c1-35-25-11-10-22-16-24-23-17-30(19-33,13-12-20-6-3-2-4-7-20)28(34)29-31(23,26(22)27(25)36-29)14-15-32(24)18-21-8-5-9-21/h2-4,6-7,10-11,21,23-24,28-29,33-34H,5,8-9,12-19H2,1H3/t23?,24?,28-,29?,30+,31?/m0/s1. The van der Waals surface area contributed by atoms with Crippen LogP contribution in [0, 0.1) is 17.3 Å². The third-order valence-electron chi connectivity index (χ3n) is 10.8. The predicted octanol–water partition coefficient (Wildman–Crippen LogP) is 4.12. The van der Waals surface area contributed by atoms with Crippen LogP contribution in [0.1, 0.15) is 55.2 Å². The maximum absolute atomic E-state index is 12.1. The molecule has 3 aliphatic carbocycles. The molecule has 5 heteroatoms. The molecule has 1 spiro atoms. The molecule has 192 valence electrons. The third-order valence-corrected chi connectivity index (χ3v) is 10.8. The largest absolute Gasteiger partial charge is 0.493 e. The summed E-state index contributed by atoms with van der Waals surface area (Å²) >= 11 is 0. The number of hydrogen-bond donors (Lipinski definition) is 2. The Hall–Kier alpha value is -2.08. The van der Waals surface area contributed by atoms with E-state index in [4.69, 9.17) is 9.47 Å². The number of piperidine rings is 1. The molecule has 36 heavy (non-hydrogen) atoms. The van der Waals surface area contributed by atoms with Crippen molar-refractivity contribution in [1.82, 2.24) is 4.90 Å². The second-order valence-corrected chi connectivity index (χ2v) is 12.3. The van der Waals surface area contributed by atoms with Gasteiger partial charge in [-0.2, -0.15) is 0 Å². The first-order valence-electron chi connectivity index (χ1n) is 14.0. The molecule has 0 amide bonds. The topological polar surface area (TPSA) is 62.2 Å². The maximum Gasteiger partial charge on any atom is 0.165 e. The van der Waals surface area contributed by atoms with Crippen LogP contribution in [-0.4, -0.2) is 60.2 Å². The van der Waals surface area contributed by atoms with Crippen LogP contribution in [0.4, 0.5) is 0 Å². The molecule has 5 aliphatic rings. The molecule has 7 rings (SSSR count). The van der Waals surface area contributed by atoms with E-state index in [1.165, 1.54) is 42.5 Å². The summed E-state index contributed by atoms with van der Waals surface area (Å²) in [6, 6.07) is 15.2. The van der Waals surface area contributed by atoms with Crippen LogP contribution >= 0.6 is 0 Å². The van der Waals surface area contributed by atoms with E-state index >= 15 is 0 Å². The van der Waals surface area contributed by atoms with E-state index in [-0.39, 0.29) is 18.1 Å². The van der Waals surface area contributed by atoms with Gasteiger partial charge in [-0.05, 0) is 80.5 Å². The van der Waals surface area contributed by atoms with Gasteiger partial charge in [-0.1, -0.05) is 42.8 Å². The SMILES string of the molecule is COc1ccc2c3c1OC1[C@H](O)[C@](CO)(CCc4ccccc4)CC4C(C2)N(CC2CCC2)CCC341. The number of aliphatic hydroxyl groups is 2. The Morgan fingerprint density at radius 2 is 1.97 bits per heavy atom. The first kappa shape index (κ1) is 23.1. The van der Waals surface area contributed by atoms with Crippen molar-refractivity contribution in [3.63, 3.8) is 0 Å². The fraction of sp³-hybridized carbons (Fsp3) is 0.613. The summed E-state index contributed by atoms with van der Waals surface area (Å²) in [5, 5.41) is 23.0. The molecule has 6 atom stereocenters. The average Bonchev–Trinajstić information content (AvgIpc) is 3.23. The Morgan fingerprint density at radius 3 is 2.69 bits per heavy atom. The molecule has 2 aliphatic heterocycles. The molecule has 0 radical (unpaired) electrons. The lowest BCUT2D eigenvalue weighted by atomic mass is 9.46. The molecule has 1 saturated heterocycles. The van der Waals surface area contributed by atoms with Gasteiger partial charge in [-0.3, -0.25) is 4.90 Å². The minimum Gasteiger partial charge on any atom is -0.493 e. The van der Waals surface area contributed by atoms with Crippen molar-refractivity contribution in [3.8, 4) is 11.5 Å². The number of likely N-dealkylation sites (tertiary alicyclic amines) is 1. The summed E-state index contributed by atoms with van der Waals surface area (Å²) in [6.07, 6.45) is 7.53. The molecule has 2 aromatic carbocycles. The molecule has 2 aromatic rings. The molecule has 4 unspecified atom stereocenters. The minimum atomic E-state index is -0.718. The Morgan fingerprint density at radius 1 is 1.14 bits per heavy atom. The van der Waals surface area contributed by atoms with Gasteiger partial charge in [-0.15, -0.1) is 0 Å². The first-order chi connectivity index (χ1) is 17.6. The Balaban J connectivity index is 1.31. The fourth-order valence-electron chi connectivity index (χ4n) is 8.68. The van der Waals surface area contributed by atoms with Gasteiger partial charge in [0.25, 0.3) is 0 Å². The summed E-state index contributed by atoms with van der Waals surface area (Å²) in [6.45, 7) is 2.25. The van der Waals surface area contributed by atoms with Crippen LogP contribution in [0.2, 0.25) is 0 Å². The number of aliphatic hydroxyl groups excluding tert-OH is 2. The number of benzene rings is 2. The van der Waals surface area contributed by atoms with Crippen LogP contribution in [-0.2, 0) is 18.3 Å². The van der Waals surface area contributed by atoms with Crippen LogP contribution in [0.15, 0.2) is 42.5 Å². The van der Waals surface area contributed by atoms with Crippen molar-refractivity contribution in [2.24, 2.45) is 17.3 Å². The second kappa shape index (κ2) is 8.47. The summed E-state index contributed by atoms with van der Waals surface area (Å²) in [7, 11) is 1.71. The Labute approximate surface area is 214 Å². The zero-order chi connectivity index (χ0) is 24.5. The van der Waals surface area contributed by atoms with E-state index in [1.807, 2.05) is 6.07 Å². The summed E-state index contributed by atoms with van der Waals surface area (Å²) < 4.78 is 12.5. The van der Waals surface area contributed by atoms with Gasteiger partial charge < -0.3 is 19.7 Å². The molecular weight excluding hydrogens is 450 g/mol. The maximum atomic E-state index is 12.1.